The Morgan fingerprint density at radius 1 is 1.11 bits per heavy atom. The summed E-state index contributed by atoms with van der Waals surface area (Å²) in [6, 6.07) is 5.18. The summed E-state index contributed by atoms with van der Waals surface area (Å²) < 4.78 is 0.750. The van der Waals surface area contributed by atoms with Gasteiger partial charge in [0.2, 0.25) is 0 Å². The summed E-state index contributed by atoms with van der Waals surface area (Å²) in [4.78, 5) is 0. The summed E-state index contributed by atoms with van der Waals surface area (Å²) >= 11 is 0. The molecule has 1 aromatic heterocycles. The van der Waals surface area contributed by atoms with E-state index in [1.54, 1.807) is 18.2 Å². The SMILES string of the molecule is CN.[O-][n+]1ccccc1. The smallest absolute Gasteiger partial charge is 0.180 e. The topological polar surface area (TPSA) is 53.0 Å². The average Bonchev–Trinajstić information content (AvgIpc) is 1.94. The molecule has 3 heteroatoms. The van der Waals surface area contributed by atoms with Gasteiger partial charge >= 0.3 is 0 Å². The number of hydrogen-bond acceptors (Lipinski definition) is 2. The normalized spacial score (nSPS) is 7.33. The van der Waals surface area contributed by atoms with Gasteiger partial charge in [0, 0.05) is 12.1 Å². The molecule has 0 fully saturated rings. The van der Waals surface area contributed by atoms with Gasteiger partial charge in [-0.15, -0.1) is 0 Å². The predicted molar refractivity (Wildman–Crippen MR) is 35.5 cm³/mol. The molecular formula is C6H10N2O. The van der Waals surface area contributed by atoms with E-state index in [9.17, 15) is 5.21 Å². The molecule has 0 saturated heterocycles. The van der Waals surface area contributed by atoms with Crippen LogP contribution in [0.15, 0.2) is 30.6 Å². The van der Waals surface area contributed by atoms with E-state index in [1.807, 2.05) is 0 Å². The Bertz CT molecular complexity index is 141. The third-order valence-corrected chi connectivity index (χ3v) is 0.688. The van der Waals surface area contributed by atoms with Crippen LogP contribution in [0.2, 0.25) is 0 Å². The Morgan fingerprint density at radius 3 is 1.78 bits per heavy atom. The summed E-state index contributed by atoms with van der Waals surface area (Å²) in [6.45, 7) is 0. The van der Waals surface area contributed by atoms with Crippen LogP contribution in [-0.2, 0) is 0 Å². The molecule has 9 heavy (non-hydrogen) atoms. The van der Waals surface area contributed by atoms with Gasteiger partial charge in [0.05, 0.1) is 0 Å². The fourth-order valence-electron chi connectivity index (χ4n) is 0.383. The highest BCUT2D eigenvalue weighted by atomic mass is 16.5. The molecule has 3 nitrogen and oxygen atoms in total. The Morgan fingerprint density at radius 2 is 1.56 bits per heavy atom. The first kappa shape index (κ1) is 7.91. The van der Waals surface area contributed by atoms with E-state index >= 15 is 0 Å². The van der Waals surface area contributed by atoms with Crippen LogP contribution in [0.4, 0.5) is 0 Å². The van der Waals surface area contributed by atoms with Gasteiger partial charge in [-0.2, -0.15) is 4.73 Å². The van der Waals surface area contributed by atoms with Gasteiger partial charge in [-0.1, -0.05) is 6.07 Å². The zero-order chi connectivity index (χ0) is 7.11. The predicted octanol–water partition coefficient (Wildman–Crippen LogP) is -0.105. The van der Waals surface area contributed by atoms with Crippen LogP contribution < -0.4 is 10.5 Å². The number of rotatable bonds is 0. The zero-order valence-corrected chi connectivity index (χ0v) is 5.32. The van der Waals surface area contributed by atoms with Crippen LogP contribution in [0, 0.1) is 5.21 Å². The lowest BCUT2D eigenvalue weighted by Gasteiger charge is -1.88. The maximum atomic E-state index is 10.2. The van der Waals surface area contributed by atoms with Crippen molar-refractivity contribution in [1.82, 2.24) is 0 Å². The Kier molecular flexibility index (Phi) is 4.44. The summed E-state index contributed by atoms with van der Waals surface area (Å²) in [5, 5.41) is 10.2. The van der Waals surface area contributed by atoms with Crippen LogP contribution in [0.5, 0.6) is 0 Å². The number of hydrogen-bond donors (Lipinski definition) is 1. The van der Waals surface area contributed by atoms with E-state index in [0.717, 1.165) is 4.73 Å². The molecule has 0 amide bonds. The molecule has 0 bridgehead atoms. The van der Waals surface area contributed by atoms with E-state index < -0.39 is 0 Å². The van der Waals surface area contributed by atoms with E-state index in [0.29, 0.717) is 0 Å². The van der Waals surface area contributed by atoms with Crippen molar-refractivity contribution in [1.29, 1.82) is 0 Å². The molecule has 0 atom stereocenters. The first-order chi connectivity index (χ1) is 4.39. The van der Waals surface area contributed by atoms with Crippen LogP contribution in [0.1, 0.15) is 0 Å². The zero-order valence-electron chi connectivity index (χ0n) is 5.32. The average molecular weight is 126 g/mol. The van der Waals surface area contributed by atoms with Gasteiger partial charge in [-0.25, -0.2) is 0 Å². The molecule has 0 aliphatic heterocycles. The highest BCUT2D eigenvalue weighted by molar-refractivity contribution is 4.83. The lowest BCUT2D eigenvalue weighted by Crippen LogP contribution is -2.22. The molecule has 0 aliphatic rings. The number of nitrogens with zero attached hydrogens (tertiary/aromatic N) is 1. The summed E-state index contributed by atoms with van der Waals surface area (Å²) in [7, 11) is 1.50. The molecule has 0 unspecified atom stereocenters. The third kappa shape index (κ3) is 3.49. The maximum absolute atomic E-state index is 10.2. The largest absolute Gasteiger partial charge is 0.619 e. The Labute approximate surface area is 54.3 Å². The number of aromatic nitrogens is 1. The number of nitrogens with two attached hydrogens (primary N) is 1. The lowest BCUT2D eigenvalue weighted by molar-refractivity contribution is -0.605. The molecule has 50 valence electrons. The van der Waals surface area contributed by atoms with Gasteiger partial charge in [-0.05, 0) is 7.05 Å². The van der Waals surface area contributed by atoms with Crippen LogP contribution in [0.25, 0.3) is 0 Å². The van der Waals surface area contributed by atoms with Gasteiger partial charge in [-0.3, -0.25) is 0 Å². The molecule has 0 aliphatic carbocycles. The third-order valence-electron chi connectivity index (χ3n) is 0.688. The summed E-state index contributed by atoms with van der Waals surface area (Å²) in [5.41, 5.74) is 4.50. The second-order valence-corrected chi connectivity index (χ2v) is 1.24. The van der Waals surface area contributed by atoms with Crippen LogP contribution in [-0.4, -0.2) is 7.05 Å². The van der Waals surface area contributed by atoms with E-state index in [4.69, 9.17) is 0 Å². The highest BCUT2D eigenvalue weighted by Gasteiger charge is 1.74. The Hall–Kier alpha value is -1.09. The second-order valence-electron chi connectivity index (χ2n) is 1.24. The van der Waals surface area contributed by atoms with Gasteiger partial charge < -0.3 is 10.9 Å². The van der Waals surface area contributed by atoms with Crippen molar-refractivity contribution >= 4 is 0 Å². The van der Waals surface area contributed by atoms with Crippen molar-refractivity contribution in [2.45, 2.75) is 0 Å². The minimum absolute atomic E-state index is 0.750. The molecule has 0 spiro atoms. The molecule has 0 radical (unpaired) electrons. The van der Waals surface area contributed by atoms with Gasteiger partial charge in [0.1, 0.15) is 0 Å². The summed E-state index contributed by atoms with van der Waals surface area (Å²) in [6.07, 6.45) is 2.89. The monoisotopic (exact) mass is 126 g/mol. The second kappa shape index (κ2) is 5.05. The highest BCUT2D eigenvalue weighted by Crippen LogP contribution is 1.72. The van der Waals surface area contributed by atoms with E-state index in [-0.39, 0.29) is 0 Å². The molecule has 1 aromatic rings. The molecule has 0 aromatic carbocycles. The van der Waals surface area contributed by atoms with Crippen molar-refractivity contribution in [3.63, 3.8) is 0 Å². The van der Waals surface area contributed by atoms with Crippen molar-refractivity contribution < 1.29 is 4.73 Å². The lowest BCUT2D eigenvalue weighted by atomic mass is 10.5. The quantitative estimate of drug-likeness (QED) is 0.389. The number of pyridine rings is 1. The minimum atomic E-state index is 0.750. The van der Waals surface area contributed by atoms with Crippen molar-refractivity contribution in [2.75, 3.05) is 7.05 Å². The molecule has 1 rings (SSSR count). The molecular weight excluding hydrogens is 116 g/mol. The fourth-order valence-corrected chi connectivity index (χ4v) is 0.383. The van der Waals surface area contributed by atoms with Crippen LogP contribution in [0.3, 0.4) is 0 Å². The molecule has 1 heterocycles. The minimum Gasteiger partial charge on any atom is -0.619 e. The van der Waals surface area contributed by atoms with Crippen molar-refractivity contribution in [3.05, 3.63) is 35.8 Å². The van der Waals surface area contributed by atoms with Gasteiger partial charge in [0.25, 0.3) is 0 Å². The van der Waals surface area contributed by atoms with Crippen molar-refractivity contribution in [3.8, 4) is 0 Å². The maximum Gasteiger partial charge on any atom is 0.180 e. The summed E-state index contributed by atoms with van der Waals surface area (Å²) in [5.74, 6) is 0. The first-order valence-corrected chi connectivity index (χ1v) is 2.61. The Balaban J connectivity index is 0.000000291. The van der Waals surface area contributed by atoms with E-state index in [1.165, 1.54) is 19.4 Å². The molecule has 0 saturated carbocycles. The molecule has 2 N–H and O–H groups in total. The van der Waals surface area contributed by atoms with Crippen LogP contribution >= 0.6 is 0 Å². The first-order valence-electron chi connectivity index (χ1n) is 2.61. The fraction of sp³-hybridized carbons (Fsp3) is 0.167. The standard InChI is InChI=1S/C5H5NO.CH5N/c7-6-4-2-1-3-5-6;1-2/h1-5H;2H2,1H3. The van der Waals surface area contributed by atoms with Gasteiger partial charge in [0.15, 0.2) is 12.4 Å². The van der Waals surface area contributed by atoms with E-state index in [2.05, 4.69) is 5.73 Å². The van der Waals surface area contributed by atoms with Crippen molar-refractivity contribution in [2.24, 2.45) is 5.73 Å².